The van der Waals surface area contributed by atoms with Gasteiger partial charge in [-0.25, -0.2) is 4.98 Å². The number of hydrogen-bond donors (Lipinski definition) is 1. The molecule has 4 aromatic rings. The van der Waals surface area contributed by atoms with Crippen LogP contribution in [0.1, 0.15) is 18.2 Å². The zero-order valence-corrected chi connectivity index (χ0v) is 16.6. The lowest BCUT2D eigenvalue weighted by molar-refractivity contribution is -0.115. The predicted octanol–water partition coefficient (Wildman–Crippen LogP) is 4.95. The van der Waals surface area contributed by atoms with E-state index in [2.05, 4.69) is 41.5 Å². The Hall–Kier alpha value is -3.12. The van der Waals surface area contributed by atoms with Crippen molar-refractivity contribution in [2.45, 2.75) is 20.3 Å². The summed E-state index contributed by atoms with van der Waals surface area (Å²) in [6, 6.07) is 15.7. The number of anilines is 1. The normalized spacial score (nSPS) is 10.9. The summed E-state index contributed by atoms with van der Waals surface area (Å²) in [6.07, 6.45) is 2.28. The maximum atomic E-state index is 12.5. The molecule has 4 rings (SSSR count). The van der Waals surface area contributed by atoms with Crippen molar-refractivity contribution in [2.24, 2.45) is 0 Å². The number of amides is 1. The molecule has 0 saturated carbocycles. The number of carbonyl (C=O) groups is 1. The van der Waals surface area contributed by atoms with Crippen molar-refractivity contribution >= 4 is 27.9 Å². The molecule has 6 heteroatoms. The average Bonchev–Trinajstić information content (AvgIpc) is 3.26. The third kappa shape index (κ3) is 3.92. The first-order valence-electron chi connectivity index (χ1n) is 9.17. The highest BCUT2D eigenvalue weighted by molar-refractivity contribution is 7.15. The van der Waals surface area contributed by atoms with Crippen molar-refractivity contribution in [3.8, 4) is 17.0 Å². The molecule has 5 nitrogen and oxygen atoms in total. The minimum atomic E-state index is -0.0607. The topological polar surface area (TPSA) is 55.6 Å². The van der Waals surface area contributed by atoms with Crippen LogP contribution >= 0.6 is 11.3 Å². The summed E-state index contributed by atoms with van der Waals surface area (Å²) in [5.41, 5.74) is 4.89. The van der Waals surface area contributed by atoms with Gasteiger partial charge in [0.25, 0.3) is 0 Å². The minimum Gasteiger partial charge on any atom is -0.494 e. The number of aryl methyl sites for hydroxylation is 1. The number of fused-ring (bicyclic) bond motifs is 1. The van der Waals surface area contributed by atoms with Crippen LogP contribution in [0.5, 0.6) is 5.75 Å². The second-order valence-corrected chi connectivity index (χ2v) is 7.39. The second kappa shape index (κ2) is 7.86. The van der Waals surface area contributed by atoms with Gasteiger partial charge in [-0.3, -0.25) is 9.20 Å². The summed E-state index contributed by atoms with van der Waals surface area (Å²) in [6.45, 7) is 4.63. The number of carbonyl (C=O) groups excluding carboxylic acids is 1. The van der Waals surface area contributed by atoms with Crippen LogP contribution in [0.4, 0.5) is 5.69 Å². The van der Waals surface area contributed by atoms with E-state index in [1.165, 1.54) is 5.56 Å². The molecule has 0 aliphatic rings. The standard InChI is InChI=1S/C22H21N3O2S/c1-3-27-19-10-8-17(9-11-19)23-21(26)12-18-14-28-22-24-20(13-25(18)22)16-6-4-15(2)5-7-16/h4-11,13-14H,3,12H2,1-2H3,(H,23,26). The minimum absolute atomic E-state index is 0.0607. The van der Waals surface area contributed by atoms with Crippen LogP contribution < -0.4 is 10.1 Å². The van der Waals surface area contributed by atoms with Crippen LogP contribution in [0.15, 0.2) is 60.1 Å². The number of nitrogens with one attached hydrogen (secondary N) is 1. The van der Waals surface area contributed by atoms with E-state index in [1.54, 1.807) is 11.3 Å². The Kier molecular flexibility index (Phi) is 5.12. The van der Waals surface area contributed by atoms with Crippen molar-refractivity contribution in [2.75, 3.05) is 11.9 Å². The van der Waals surface area contributed by atoms with Gasteiger partial charge in [-0.1, -0.05) is 29.8 Å². The van der Waals surface area contributed by atoms with Crippen molar-refractivity contribution in [1.82, 2.24) is 9.38 Å². The van der Waals surface area contributed by atoms with Gasteiger partial charge in [-0.2, -0.15) is 0 Å². The highest BCUT2D eigenvalue weighted by atomic mass is 32.1. The molecule has 28 heavy (non-hydrogen) atoms. The molecule has 0 saturated heterocycles. The quantitative estimate of drug-likeness (QED) is 0.506. The van der Waals surface area contributed by atoms with Crippen molar-refractivity contribution in [3.05, 3.63) is 71.4 Å². The second-order valence-electron chi connectivity index (χ2n) is 6.55. The smallest absolute Gasteiger partial charge is 0.230 e. The van der Waals surface area contributed by atoms with E-state index in [-0.39, 0.29) is 12.3 Å². The maximum Gasteiger partial charge on any atom is 0.230 e. The Morgan fingerprint density at radius 3 is 2.61 bits per heavy atom. The molecular weight excluding hydrogens is 370 g/mol. The molecule has 2 aromatic heterocycles. The van der Waals surface area contributed by atoms with Crippen molar-refractivity contribution in [3.63, 3.8) is 0 Å². The number of aromatic nitrogens is 2. The lowest BCUT2D eigenvalue weighted by Gasteiger charge is -2.07. The molecule has 1 amide bonds. The van der Waals surface area contributed by atoms with E-state index in [9.17, 15) is 4.79 Å². The summed E-state index contributed by atoms with van der Waals surface area (Å²) >= 11 is 1.54. The third-order valence-corrected chi connectivity index (χ3v) is 5.31. The Morgan fingerprint density at radius 2 is 1.89 bits per heavy atom. The third-order valence-electron chi connectivity index (χ3n) is 4.42. The number of thiazole rings is 1. The van der Waals surface area contributed by atoms with Gasteiger partial charge in [0.05, 0.1) is 18.7 Å². The number of nitrogens with zero attached hydrogens (tertiary/aromatic N) is 2. The first-order chi connectivity index (χ1) is 13.6. The number of rotatable bonds is 6. The summed E-state index contributed by atoms with van der Waals surface area (Å²) < 4.78 is 7.42. The molecule has 0 radical (unpaired) electrons. The number of ether oxygens (including phenoxy) is 1. The predicted molar refractivity (Wildman–Crippen MR) is 113 cm³/mol. The molecule has 0 aliphatic carbocycles. The van der Waals surface area contributed by atoms with Crippen LogP contribution in [0.2, 0.25) is 0 Å². The van der Waals surface area contributed by atoms with E-state index in [0.29, 0.717) is 6.61 Å². The molecule has 1 N–H and O–H groups in total. The molecule has 2 heterocycles. The van der Waals surface area contributed by atoms with Gasteiger partial charge in [0, 0.05) is 28.5 Å². The lowest BCUT2D eigenvalue weighted by atomic mass is 10.1. The molecule has 0 atom stereocenters. The fourth-order valence-electron chi connectivity index (χ4n) is 2.99. The highest BCUT2D eigenvalue weighted by Crippen LogP contribution is 2.24. The summed E-state index contributed by atoms with van der Waals surface area (Å²) in [5.74, 6) is 0.733. The number of imidazole rings is 1. The van der Waals surface area contributed by atoms with Gasteiger partial charge in [0.1, 0.15) is 5.75 Å². The van der Waals surface area contributed by atoms with E-state index >= 15 is 0 Å². The lowest BCUT2D eigenvalue weighted by Crippen LogP contribution is -2.15. The molecule has 0 spiro atoms. The highest BCUT2D eigenvalue weighted by Gasteiger charge is 2.13. The molecule has 142 valence electrons. The molecule has 0 aliphatic heterocycles. The molecule has 0 unspecified atom stereocenters. The van der Waals surface area contributed by atoms with Crippen molar-refractivity contribution < 1.29 is 9.53 Å². The Bertz CT molecular complexity index is 1100. The SMILES string of the molecule is CCOc1ccc(NC(=O)Cc2csc3nc(-c4ccc(C)cc4)cn23)cc1. The summed E-state index contributed by atoms with van der Waals surface area (Å²) in [7, 11) is 0. The monoisotopic (exact) mass is 391 g/mol. The zero-order valence-electron chi connectivity index (χ0n) is 15.8. The van der Waals surface area contributed by atoms with E-state index in [4.69, 9.17) is 4.74 Å². The Balaban J connectivity index is 1.48. The molecule has 0 bridgehead atoms. The summed E-state index contributed by atoms with van der Waals surface area (Å²) in [4.78, 5) is 18.1. The fraction of sp³-hybridized carbons (Fsp3) is 0.182. The van der Waals surface area contributed by atoms with Gasteiger partial charge in [0.15, 0.2) is 4.96 Å². The van der Waals surface area contributed by atoms with Crippen LogP contribution in [0.25, 0.3) is 16.2 Å². The maximum absolute atomic E-state index is 12.5. The van der Waals surface area contributed by atoms with Gasteiger partial charge in [-0.15, -0.1) is 11.3 Å². The molecule has 0 fully saturated rings. The average molecular weight is 391 g/mol. The largest absolute Gasteiger partial charge is 0.494 e. The van der Waals surface area contributed by atoms with E-state index < -0.39 is 0 Å². The van der Waals surface area contributed by atoms with Gasteiger partial charge >= 0.3 is 0 Å². The van der Waals surface area contributed by atoms with Gasteiger partial charge in [-0.05, 0) is 38.1 Å². The van der Waals surface area contributed by atoms with E-state index in [1.807, 2.05) is 47.2 Å². The first kappa shape index (κ1) is 18.3. The van der Waals surface area contributed by atoms with Crippen LogP contribution in [-0.4, -0.2) is 21.9 Å². The van der Waals surface area contributed by atoms with E-state index in [0.717, 1.165) is 33.3 Å². The van der Waals surface area contributed by atoms with Crippen LogP contribution in [-0.2, 0) is 11.2 Å². The Labute approximate surface area is 167 Å². The zero-order chi connectivity index (χ0) is 19.5. The van der Waals surface area contributed by atoms with Crippen LogP contribution in [0.3, 0.4) is 0 Å². The fourth-order valence-corrected chi connectivity index (χ4v) is 3.86. The molecular formula is C22H21N3O2S. The number of hydrogen-bond acceptors (Lipinski definition) is 4. The first-order valence-corrected chi connectivity index (χ1v) is 10.1. The Morgan fingerprint density at radius 1 is 1.14 bits per heavy atom. The molecule has 2 aromatic carbocycles. The van der Waals surface area contributed by atoms with Crippen LogP contribution in [0, 0.1) is 6.92 Å². The van der Waals surface area contributed by atoms with Crippen molar-refractivity contribution in [1.29, 1.82) is 0 Å². The number of benzene rings is 2. The van der Waals surface area contributed by atoms with Gasteiger partial charge < -0.3 is 10.1 Å². The van der Waals surface area contributed by atoms with Gasteiger partial charge in [0.2, 0.25) is 5.91 Å². The summed E-state index contributed by atoms with van der Waals surface area (Å²) in [5, 5.41) is 4.92.